The number of nitriles is 6. The minimum absolute atomic E-state index is 0.0167. The summed E-state index contributed by atoms with van der Waals surface area (Å²) in [5.74, 6) is -96.3. The fraction of sp³-hybridized carbons (Fsp3) is 0.0495. The van der Waals surface area contributed by atoms with E-state index in [4.69, 9.17) is 0 Å². The largest absolute Gasteiger partial charge is 0.357 e. The van der Waals surface area contributed by atoms with Crippen LogP contribution >= 0.6 is 0 Å². The molecule has 14 aromatic carbocycles. The molecule has 0 unspecified atom stereocenters. The lowest BCUT2D eigenvalue weighted by molar-refractivity contribution is -0.597. The topological polar surface area (TPSA) is 220 Å². The van der Waals surface area contributed by atoms with Gasteiger partial charge in [-0.2, -0.15) is 31.6 Å². The van der Waals surface area contributed by atoms with Crippen LogP contribution in [0.5, 0.6) is 0 Å². The number of aryl methyl sites for hydroxylation is 1. The first-order chi connectivity index (χ1) is 71.0. The number of nitrogens with zero attached hydrogens (tertiary/aromatic N) is 12. The molecule has 0 fully saturated rings. The lowest BCUT2D eigenvalue weighted by Gasteiger charge is -2.18. The second-order valence-corrected chi connectivity index (χ2v) is 33.2. The van der Waals surface area contributed by atoms with Crippen molar-refractivity contribution < 1.29 is 170 Å². The fourth-order valence-electron chi connectivity index (χ4n) is 14.3. The van der Waals surface area contributed by atoms with Crippen LogP contribution in [0.1, 0.15) is 87.7 Å². The van der Waals surface area contributed by atoms with Crippen molar-refractivity contribution in [2.75, 3.05) is 0 Å². The number of halogens is 35. The molecule has 17 aromatic rings. The molecule has 0 bridgehead atoms. The van der Waals surface area contributed by atoms with Gasteiger partial charge >= 0.3 is 21.2 Å². The minimum atomic E-state index is -3.11. The maximum atomic E-state index is 14.9. The molecule has 49 heteroatoms. The standard InChI is InChI=1S/2C24H3BF17.C19H16.C18N12.C16H18I/c2*25-7-20(38)16(34)5(17(35)21(7)39)3-12(30)8(26)1(9(27)13(3)31)2-10(28)14(32)4(15(33)11(2)29)6-18(36)22(40)24(42)23(41)19(6)37;1-4-10-16(11-5-1)19(17-12-6-2-7-13-17)18-14-8-3-9-15-18;19-1-7-8(2-20)26-14-13(25-7)15-17(29-10(4-22)9(3-21)27-15)18-16(14)28-11(5-23)12(6-24)30-18;1-12(2)14-6-10-16(11-7-14)17-15-8-4-13(3)5-9-15/h2*25H3;1-15,19H;;4-12H,1-3H3/q2*-1;;;+1. The van der Waals surface area contributed by atoms with E-state index < -0.39 is 291 Å². The minimum Gasteiger partial charge on any atom is -0.230 e. The fourth-order valence-corrected chi connectivity index (χ4v) is 16.5. The molecule has 12 nitrogen and oxygen atoms in total. The third-order valence-corrected chi connectivity index (χ3v) is 23.9. The van der Waals surface area contributed by atoms with Crippen molar-refractivity contribution in [3.8, 4) is 103 Å². The highest BCUT2D eigenvalue weighted by atomic mass is 127. The molecule has 0 aliphatic carbocycles. The van der Waals surface area contributed by atoms with Crippen LogP contribution in [-0.2, 0) is 0 Å². The quantitative estimate of drug-likeness (QED) is 0.0212. The Morgan fingerprint density at radius 1 is 0.200 bits per heavy atom. The zero-order valence-corrected chi connectivity index (χ0v) is 74.7. The highest BCUT2D eigenvalue weighted by Gasteiger charge is 2.44. The van der Waals surface area contributed by atoms with Crippen LogP contribution in [0.2, 0.25) is 0 Å². The van der Waals surface area contributed by atoms with Crippen LogP contribution in [0.25, 0.3) is 99.9 Å². The molecular formula is C101H40B2F34IN12-. The number of fused-ring (bicyclic) bond motifs is 6. The second kappa shape index (κ2) is 44.1. The van der Waals surface area contributed by atoms with E-state index in [0.717, 1.165) is 0 Å². The first-order valence-corrected chi connectivity index (χ1v) is 42.4. The van der Waals surface area contributed by atoms with Gasteiger partial charge in [-0.25, -0.2) is 179 Å². The molecule has 3 aromatic heterocycles. The Morgan fingerprint density at radius 2 is 0.347 bits per heavy atom. The smallest absolute Gasteiger partial charge is 0.230 e. The molecule has 0 atom stereocenters. The van der Waals surface area contributed by atoms with Crippen molar-refractivity contribution >= 4 is 59.7 Å². The molecule has 756 valence electrons. The molecular weight excluding hydrogens is 2180 g/mol. The molecule has 0 saturated carbocycles. The van der Waals surface area contributed by atoms with Crippen molar-refractivity contribution in [2.24, 2.45) is 0 Å². The van der Waals surface area contributed by atoms with Gasteiger partial charge in [-0.15, -0.1) is 10.9 Å². The van der Waals surface area contributed by atoms with Crippen LogP contribution < -0.4 is 32.1 Å². The van der Waals surface area contributed by atoms with Gasteiger partial charge in [-0.1, -0.05) is 135 Å². The Bertz CT molecular complexity index is 7580. The summed E-state index contributed by atoms with van der Waals surface area (Å²) in [6, 6.07) is 60.6. The summed E-state index contributed by atoms with van der Waals surface area (Å²) in [6.45, 7) is 6.62. The lowest BCUT2D eigenvalue weighted by Crippen LogP contribution is -3.61. The molecule has 0 spiro atoms. The zero-order valence-electron chi connectivity index (χ0n) is 72.5. The molecule has 150 heavy (non-hydrogen) atoms. The number of benzene rings is 14. The van der Waals surface area contributed by atoms with Crippen LogP contribution in [-0.4, -0.2) is 45.6 Å². The van der Waals surface area contributed by atoms with Gasteiger partial charge in [0.1, 0.15) is 92.8 Å². The summed E-state index contributed by atoms with van der Waals surface area (Å²) >= 11 is -0.0167. The number of aromatic nitrogens is 6. The second-order valence-electron chi connectivity index (χ2n) is 30.2. The van der Waals surface area contributed by atoms with Crippen molar-refractivity contribution in [3.05, 3.63) is 406 Å². The summed E-state index contributed by atoms with van der Waals surface area (Å²) in [5.41, 5.74) is -28.4. The Balaban J connectivity index is 0.000000162. The Labute approximate surface area is 829 Å². The highest BCUT2D eigenvalue weighted by Crippen LogP contribution is 2.49. The van der Waals surface area contributed by atoms with Gasteiger partial charge in [0.15, 0.2) is 204 Å². The summed E-state index contributed by atoms with van der Waals surface area (Å²) in [6.07, 6.45) is 0. The maximum Gasteiger partial charge on any atom is 0.357 e. The molecule has 0 aliphatic rings. The Morgan fingerprint density at radius 3 is 0.507 bits per heavy atom. The van der Waals surface area contributed by atoms with Gasteiger partial charge in [-0.3, -0.25) is 0 Å². The third kappa shape index (κ3) is 19.6. The number of rotatable bonds is 12. The van der Waals surface area contributed by atoms with E-state index in [1.807, 2.05) is 0 Å². The van der Waals surface area contributed by atoms with E-state index in [2.05, 4.69) is 190 Å². The average Bonchev–Trinajstić information content (AvgIpc) is 0.727. The molecule has 0 aliphatic heterocycles. The van der Waals surface area contributed by atoms with Crippen LogP contribution in [0.15, 0.2) is 140 Å². The van der Waals surface area contributed by atoms with E-state index in [1.165, 1.54) is 35.0 Å². The monoisotopic (exact) mass is 2220 g/mol. The van der Waals surface area contributed by atoms with Gasteiger partial charge in [-0.05, 0) is 75.1 Å². The number of hydrogen-bond acceptors (Lipinski definition) is 12. The Kier molecular flexibility index (Phi) is 32.2. The van der Waals surface area contributed by atoms with E-state index >= 15 is 0 Å². The lowest BCUT2D eigenvalue weighted by atomic mass is 9.85. The Hall–Kier alpha value is -17.5. The first kappa shape index (κ1) is 110. The highest BCUT2D eigenvalue weighted by molar-refractivity contribution is 6.33. The first-order valence-electron chi connectivity index (χ1n) is 40.3. The summed E-state index contributed by atoms with van der Waals surface area (Å²) in [7, 11) is -3.36. The zero-order chi connectivity index (χ0) is 110. The van der Waals surface area contributed by atoms with Crippen molar-refractivity contribution in [1.29, 1.82) is 31.6 Å². The van der Waals surface area contributed by atoms with Crippen LogP contribution in [0, 0.1) is 280 Å². The molecule has 0 amide bonds. The number of hydrogen-bond donors (Lipinski definition) is 0. The maximum absolute atomic E-state index is 14.9. The summed E-state index contributed by atoms with van der Waals surface area (Å²) < 4.78 is 491. The normalized spacial score (nSPS) is 11.0. The van der Waals surface area contributed by atoms with E-state index in [9.17, 15) is 181 Å². The predicted molar refractivity (Wildman–Crippen MR) is 467 cm³/mol. The van der Waals surface area contributed by atoms with E-state index in [0.29, 0.717) is 11.8 Å². The van der Waals surface area contributed by atoms with Gasteiger partial charge < -0.3 is 0 Å². The van der Waals surface area contributed by atoms with Crippen molar-refractivity contribution in [3.63, 3.8) is 0 Å². The van der Waals surface area contributed by atoms with Gasteiger partial charge in [0.2, 0.25) is 11.6 Å². The van der Waals surface area contributed by atoms with Crippen molar-refractivity contribution in [2.45, 2.75) is 32.6 Å². The van der Waals surface area contributed by atoms with Crippen LogP contribution in [0.3, 0.4) is 0 Å². The molecule has 0 saturated heterocycles. The van der Waals surface area contributed by atoms with Crippen LogP contribution in [0.4, 0.5) is 149 Å². The van der Waals surface area contributed by atoms with Crippen molar-refractivity contribution in [1.82, 2.24) is 29.9 Å². The third-order valence-electron chi connectivity index (χ3n) is 21.2. The summed E-state index contributed by atoms with van der Waals surface area (Å²) in [4.78, 5) is 24.7. The van der Waals surface area contributed by atoms with Gasteiger partial charge in [0, 0.05) is 5.92 Å². The molecule has 3 heterocycles. The predicted octanol–water partition coefficient (Wildman–Crippen LogP) is 20.9. The van der Waals surface area contributed by atoms with Gasteiger partial charge in [0.25, 0.3) is 0 Å². The van der Waals surface area contributed by atoms with Gasteiger partial charge in [0.05, 0.1) is 66.8 Å². The molecule has 0 N–H and O–H groups in total. The average molecular weight is 2220 g/mol. The molecule has 0 radical (unpaired) electrons. The SMILES string of the molecule is Cc1ccc([I+]c2ccc(C(C)C)cc2)cc1.N#Cc1nc2c3nc(C#N)c(C#N)nc3c3nc(C#N)c(C#N)nc3c2nc1C#N.[BH3-]c1c(F)c(F)c(-c2c(F)c(F)c(-c3c(F)c(F)c(-c4c(F)c(F)c(F)c(F)c4F)c(F)c3F)c(F)c2F)c(F)c1F.[BH3-]c1c(F)c(F)c(-c2c(F)c(F)c(-c3c(F)c(F)c(-c4c(F)c(F)c(F)c(F)c4F)c(F)c3F)c(F)c2F)c(F)c1F.c1ccc(C(c2ccccc2)c2ccccc2)cc1. The molecule has 17 rings (SSSR count). The summed E-state index contributed by atoms with van der Waals surface area (Å²) in [5, 5.41) is 55.7. The van der Waals surface area contributed by atoms with E-state index in [1.54, 1.807) is 36.4 Å². The van der Waals surface area contributed by atoms with E-state index in [-0.39, 0.29) is 88.5 Å².